The molecule has 0 spiro atoms. The number of hydrogen-bond donors (Lipinski definition) is 0. The Labute approximate surface area is 295 Å². The zero-order valence-electron chi connectivity index (χ0n) is 30.5. The molecule has 251 valence electrons. The SMILES string of the molecule is CCCCc1cc([Si](c2ccccc2)c2ccccc2[Si](Cl)(c2ccccc2)C(C)(C)C)c(CCCC)c(CCCC)c1CCCC. The van der Waals surface area contributed by atoms with E-state index in [2.05, 4.69) is 139 Å². The van der Waals surface area contributed by atoms with Gasteiger partial charge in [-0.05, 0) is 99.4 Å². The molecule has 4 aromatic carbocycles. The van der Waals surface area contributed by atoms with Crippen molar-refractivity contribution in [3.63, 3.8) is 0 Å². The van der Waals surface area contributed by atoms with Crippen molar-refractivity contribution >= 4 is 53.2 Å². The molecule has 0 amide bonds. The normalized spacial score (nSPS) is 13.2. The zero-order chi connectivity index (χ0) is 33.9. The highest BCUT2D eigenvalue weighted by Crippen LogP contribution is 2.38. The Morgan fingerprint density at radius 2 is 1.04 bits per heavy atom. The molecule has 3 heteroatoms. The lowest BCUT2D eigenvalue weighted by atomic mass is 9.86. The van der Waals surface area contributed by atoms with E-state index in [4.69, 9.17) is 11.1 Å². The molecule has 47 heavy (non-hydrogen) atoms. The Balaban J connectivity index is 2.14. The maximum atomic E-state index is 8.25. The second-order valence-electron chi connectivity index (χ2n) is 14.5. The van der Waals surface area contributed by atoms with Gasteiger partial charge in [0.1, 0.15) is 0 Å². The van der Waals surface area contributed by atoms with E-state index in [1.807, 2.05) is 0 Å². The Bertz CT molecular complexity index is 1520. The van der Waals surface area contributed by atoms with Gasteiger partial charge >= 0.3 is 0 Å². The van der Waals surface area contributed by atoms with E-state index < -0.39 is 16.2 Å². The van der Waals surface area contributed by atoms with Crippen molar-refractivity contribution in [3.8, 4) is 0 Å². The van der Waals surface area contributed by atoms with Gasteiger partial charge in [0.05, 0.1) is 0 Å². The molecule has 1 atom stereocenters. The predicted octanol–water partition coefficient (Wildman–Crippen LogP) is 9.67. The summed E-state index contributed by atoms with van der Waals surface area (Å²) in [7, 11) is -4.11. The van der Waals surface area contributed by atoms with E-state index in [1.165, 1.54) is 97.8 Å². The third-order valence-electron chi connectivity index (χ3n) is 10.0. The van der Waals surface area contributed by atoms with Gasteiger partial charge in [0.15, 0.2) is 8.80 Å². The van der Waals surface area contributed by atoms with E-state index >= 15 is 0 Å². The van der Waals surface area contributed by atoms with Crippen molar-refractivity contribution < 1.29 is 0 Å². The Morgan fingerprint density at radius 1 is 0.553 bits per heavy atom. The fraction of sp³-hybridized carbons (Fsp3) is 0.455. The topological polar surface area (TPSA) is 0 Å². The summed E-state index contributed by atoms with van der Waals surface area (Å²) in [6.07, 6.45) is 14.7. The number of unbranched alkanes of at least 4 members (excludes halogenated alkanes) is 4. The first-order valence-electron chi connectivity index (χ1n) is 18.7. The molecule has 0 aromatic heterocycles. The van der Waals surface area contributed by atoms with Gasteiger partial charge in [0.25, 0.3) is 0 Å². The average molecular weight is 681 g/mol. The van der Waals surface area contributed by atoms with Crippen LogP contribution in [0.3, 0.4) is 0 Å². The van der Waals surface area contributed by atoms with Crippen LogP contribution in [-0.2, 0) is 25.7 Å². The monoisotopic (exact) mass is 679 g/mol. The minimum atomic E-state index is -2.72. The number of hydrogen-bond acceptors (Lipinski definition) is 0. The standard InChI is InChI=1S/C44H60ClSi2/c1-8-12-24-35-34-42(40(31-15-11-4)39(30-14-10-3)38(35)29-13-9-2)46(36-25-18-16-19-26-36)41-32-22-23-33-43(41)47(45,44(5,6)7)37-27-20-17-21-28-37/h16-23,25-28,32-34H,8-15,24,29-31H2,1-7H3. The first kappa shape index (κ1) is 37.4. The third-order valence-corrected chi connectivity index (χ3v) is 20.5. The van der Waals surface area contributed by atoms with Crippen LogP contribution in [0.1, 0.15) is 122 Å². The second kappa shape index (κ2) is 17.8. The first-order valence-corrected chi connectivity index (χ1v) is 23.2. The molecular formula is C44H60ClSi2. The fourth-order valence-corrected chi connectivity index (χ4v) is 15.8. The van der Waals surface area contributed by atoms with Crippen LogP contribution in [0.4, 0.5) is 0 Å². The van der Waals surface area contributed by atoms with Crippen molar-refractivity contribution in [1.29, 1.82) is 0 Å². The molecule has 4 rings (SSSR count). The smallest absolute Gasteiger partial charge is 0.154 e. The van der Waals surface area contributed by atoms with E-state index in [1.54, 1.807) is 27.4 Å². The number of aryl methyl sites for hydroxylation is 1. The van der Waals surface area contributed by atoms with Gasteiger partial charge in [-0.15, -0.1) is 0 Å². The van der Waals surface area contributed by atoms with Crippen LogP contribution in [0.25, 0.3) is 0 Å². The molecule has 0 saturated carbocycles. The van der Waals surface area contributed by atoms with Crippen LogP contribution in [0, 0.1) is 0 Å². The summed E-state index contributed by atoms with van der Waals surface area (Å²) in [6, 6.07) is 34.7. The maximum absolute atomic E-state index is 8.25. The van der Waals surface area contributed by atoms with Crippen molar-refractivity contribution in [3.05, 3.63) is 113 Å². The third kappa shape index (κ3) is 8.61. The summed E-state index contributed by atoms with van der Waals surface area (Å²) in [4.78, 5) is 0. The largest absolute Gasteiger partial charge is 0.222 e. The molecule has 0 aliphatic heterocycles. The molecule has 0 bridgehead atoms. The molecule has 1 radical (unpaired) electrons. The Hall–Kier alpha value is -2.40. The molecule has 0 nitrogen and oxygen atoms in total. The highest BCUT2D eigenvalue weighted by Gasteiger charge is 2.48. The highest BCUT2D eigenvalue weighted by molar-refractivity contribution is 7.36. The zero-order valence-corrected chi connectivity index (χ0v) is 33.3. The average Bonchev–Trinajstić information content (AvgIpc) is 3.09. The summed E-state index contributed by atoms with van der Waals surface area (Å²) in [5.74, 6) is 0. The number of benzene rings is 4. The van der Waals surface area contributed by atoms with Crippen molar-refractivity contribution in [2.75, 3.05) is 0 Å². The Kier molecular flexibility index (Phi) is 14.2. The van der Waals surface area contributed by atoms with E-state index in [0.29, 0.717) is 0 Å². The van der Waals surface area contributed by atoms with Crippen LogP contribution in [0.15, 0.2) is 91.0 Å². The molecule has 0 N–H and O–H groups in total. The maximum Gasteiger partial charge on any atom is 0.222 e. The lowest BCUT2D eigenvalue weighted by Crippen LogP contribution is -2.69. The van der Waals surface area contributed by atoms with Gasteiger partial charge in [-0.1, -0.05) is 170 Å². The summed E-state index contributed by atoms with van der Waals surface area (Å²) in [6.45, 7) is 16.5. The molecule has 0 aliphatic rings. The van der Waals surface area contributed by atoms with Crippen LogP contribution >= 0.6 is 11.1 Å². The molecule has 0 fully saturated rings. The van der Waals surface area contributed by atoms with Gasteiger partial charge in [0.2, 0.25) is 7.38 Å². The lowest BCUT2D eigenvalue weighted by Gasteiger charge is -2.40. The van der Waals surface area contributed by atoms with Gasteiger partial charge in [-0.3, -0.25) is 0 Å². The quantitative estimate of drug-likeness (QED) is 0.0592. The van der Waals surface area contributed by atoms with Gasteiger partial charge < -0.3 is 0 Å². The predicted molar refractivity (Wildman–Crippen MR) is 215 cm³/mol. The molecule has 4 aromatic rings. The van der Waals surface area contributed by atoms with E-state index in [0.717, 1.165) is 0 Å². The van der Waals surface area contributed by atoms with Crippen molar-refractivity contribution in [2.24, 2.45) is 0 Å². The lowest BCUT2D eigenvalue weighted by molar-refractivity contribution is 0.721. The van der Waals surface area contributed by atoms with Gasteiger partial charge in [-0.25, -0.2) is 0 Å². The Morgan fingerprint density at radius 3 is 1.62 bits per heavy atom. The molecule has 0 saturated heterocycles. The summed E-state index contributed by atoms with van der Waals surface area (Å²) in [5.41, 5.74) is 6.72. The van der Waals surface area contributed by atoms with Gasteiger partial charge in [0, 0.05) is 0 Å². The number of rotatable bonds is 17. The van der Waals surface area contributed by atoms with Gasteiger partial charge in [-0.2, -0.15) is 11.1 Å². The molecule has 1 unspecified atom stereocenters. The molecule has 0 heterocycles. The summed E-state index contributed by atoms with van der Waals surface area (Å²) < 4.78 is 0. The molecule has 0 aliphatic carbocycles. The highest BCUT2D eigenvalue weighted by atomic mass is 35.6. The van der Waals surface area contributed by atoms with Crippen LogP contribution in [-0.4, -0.2) is 16.2 Å². The molecular weight excluding hydrogens is 620 g/mol. The van der Waals surface area contributed by atoms with Crippen LogP contribution in [0.2, 0.25) is 5.04 Å². The van der Waals surface area contributed by atoms with Crippen LogP contribution in [0.5, 0.6) is 0 Å². The van der Waals surface area contributed by atoms with E-state index in [9.17, 15) is 0 Å². The van der Waals surface area contributed by atoms with E-state index in [-0.39, 0.29) is 5.04 Å². The number of halogens is 1. The minimum Gasteiger partial charge on any atom is -0.154 e. The second-order valence-corrected chi connectivity index (χ2v) is 22.5. The van der Waals surface area contributed by atoms with Crippen molar-refractivity contribution in [1.82, 2.24) is 0 Å². The van der Waals surface area contributed by atoms with Crippen molar-refractivity contribution in [2.45, 2.75) is 131 Å². The van der Waals surface area contributed by atoms with Crippen LogP contribution < -0.4 is 25.9 Å². The summed E-state index contributed by atoms with van der Waals surface area (Å²) in [5, 5.41) is 7.23. The minimum absolute atomic E-state index is 0.0801. The first-order chi connectivity index (χ1) is 22.7. The summed E-state index contributed by atoms with van der Waals surface area (Å²) >= 11 is 8.25. The fourth-order valence-electron chi connectivity index (χ4n) is 7.38.